The Morgan fingerprint density at radius 3 is 2.08 bits per heavy atom. The van der Waals surface area contributed by atoms with Crippen LogP contribution in [0.5, 0.6) is 0 Å². The van der Waals surface area contributed by atoms with Gasteiger partial charge in [0.15, 0.2) is 0 Å². The van der Waals surface area contributed by atoms with E-state index in [-0.39, 0.29) is 13.1 Å². The second kappa shape index (κ2) is 11.9. The molecule has 0 bridgehead atoms. The molecule has 2 aromatic carbocycles. The summed E-state index contributed by atoms with van der Waals surface area (Å²) >= 11 is 0. The Hall–Kier alpha value is -2.62. The number of esters is 1. The van der Waals surface area contributed by atoms with Crippen LogP contribution in [0.1, 0.15) is 37.5 Å². The minimum absolute atomic E-state index is 0.245. The summed E-state index contributed by atoms with van der Waals surface area (Å²) in [6, 6.07) is 19.3. The van der Waals surface area contributed by atoms with Gasteiger partial charge in [0.2, 0.25) is 6.10 Å². The fourth-order valence-corrected chi connectivity index (χ4v) is 2.10. The Balaban J connectivity index is 0.000000272. The van der Waals surface area contributed by atoms with E-state index in [1.54, 1.807) is 31.2 Å². The van der Waals surface area contributed by atoms with Crippen molar-refractivity contribution in [2.75, 3.05) is 6.61 Å². The molecule has 0 fully saturated rings. The van der Waals surface area contributed by atoms with E-state index in [0.717, 1.165) is 0 Å². The Morgan fingerprint density at radius 1 is 1.00 bits per heavy atom. The van der Waals surface area contributed by atoms with E-state index >= 15 is 0 Å². The summed E-state index contributed by atoms with van der Waals surface area (Å²) in [5.41, 5.74) is 2.04. The van der Waals surface area contributed by atoms with Gasteiger partial charge in [0.05, 0.1) is 6.61 Å². The molecule has 0 aliphatic carbocycles. The lowest BCUT2D eigenvalue weighted by atomic mass is 10.1. The quantitative estimate of drug-likeness (QED) is 0.567. The molecule has 0 aromatic heterocycles. The van der Waals surface area contributed by atoms with Crippen molar-refractivity contribution in [3.63, 3.8) is 0 Å². The second-order valence-corrected chi connectivity index (χ2v) is 5.01. The van der Waals surface area contributed by atoms with E-state index in [9.17, 15) is 9.59 Å². The molecule has 4 heteroatoms. The Morgan fingerprint density at radius 2 is 1.58 bits per heavy atom. The van der Waals surface area contributed by atoms with E-state index in [0.29, 0.717) is 5.56 Å². The number of aryl methyl sites for hydroxylation is 1. The largest absolute Gasteiger partial charge is 0.463 e. The Kier molecular flexibility index (Phi) is 9.62. The van der Waals surface area contributed by atoms with Gasteiger partial charge in [-0.25, -0.2) is 4.79 Å². The summed E-state index contributed by atoms with van der Waals surface area (Å²) in [6.45, 7) is 4.40. The monoisotopic (exact) mass is 328 g/mol. The summed E-state index contributed by atoms with van der Waals surface area (Å²) in [6.07, 6.45) is 1.48. The molecule has 0 N–H and O–H groups in total. The first-order valence-electron chi connectivity index (χ1n) is 8.07. The van der Waals surface area contributed by atoms with E-state index in [4.69, 9.17) is 4.74 Å². The molecule has 0 heterocycles. The summed E-state index contributed by atoms with van der Waals surface area (Å²) in [7, 11) is 0. The lowest BCUT2D eigenvalue weighted by Gasteiger charge is -2.13. The van der Waals surface area contributed by atoms with Crippen LogP contribution in [0.2, 0.25) is 0 Å². The first kappa shape index (κ1) is 19.4. The third-order valence-corrected chi connectivity index (χ3v) is 3.18. The van der Waals surface area contributed by atoms with Gasteiger partial charge < -0.3 is 9.47 Å². The number of ether oxygens (including phenoxy) is 2. The van der Waals surface area contributed by atoms with Gasteiger partial charge in [-0.2, -0.15) is 0 Å². The maximum Gasteiger partial charge on any atom is 0.352 e. The van der Waals surface area contributed by atoms with Crippen molar-refractivity contribution < 1.29 is 19.1 Å². The average molecular weight is 328 g/mol. The van der Waals surface area contributed by atoms with Gasteiger partial charge in [-0.05, 0) is 18.9 Å². The van der Waals surface area contributed by atoms with Crippen molar-refractivity contribution in [1.82, 2.24) is 0 Å². The second-order valence-electron chi connectivity index (χ2n) is 5.01. The summed E-state index contributed by atoms with van der Waals surface area (Å²) in [5, 5.41) is 0. The third-order valence-electron chi connectivity index (χ3n) is 3.18. The SMILES string of the molecule is CCCc1ccccc1.CCOC(=O)C(OC=O)c1ccccc1. The fraction of sp³-hybridized carbons (Fsp3) is 0.300. The lowest BCUT2D eigenvalue weighted by Crippen LogP contribution is -2.18. The van der Waals surface area contributed by atoms with Crippen LogP contribution in [0.3, 0.4) is 0 Å². The van der Waals surface area contributed by atoms with Gasteiger partial charge in [-0.1, -0.05) is 74.0 Å². The molecule has 1 atom stereocenters. The highest BCUT2D eigenvalue weighted by Crippen LogP contribution is 2.17. The van der Waals surface area contributed by atoms with Crippen LogP contribution in [0.4, 0.5) is 0 Å². The molecule has 2 rings (SSSR count). The van der Waals surface area contributed by atoms with Crippen molar-refractivity contribution >= 4 is 12.4 Å². The van der Waals surface area contributed by atoms with Gasteiger partial charge >= 0.3 is 5.97 Å². The molecule has 0 aliphatic rings. The number of carbonyl (C=O) groups is 2. The number of carbonyl (C=O) groups excluding carboxylic acids is 2. The van der Waals surface area contributed by atoms with E-state index in [1.165, 1.54) is 18.4 Å². The Bertz CT molecular complexity index is 581. The lowest BCUT2D eigenvalue weighted by molar-refractivity contribution is -0.161. The molecule has 4 nitrogen and oxygen atoms in total. The number of benzene rings is 2. The normalized spacial score (nSPS) is 10.8. The van der Waals surface area contributed by atoms with Crippen LogP contribution >= 0.6 is 0 Å². The molecular weight excluding hydrogens is 304 g/mol. The number of hydrogen-bond donors (Lipinski definition) is 0. The molecule has 0 saturated heterocycles. The van der Waals surface area contributed by atoms with Crippen LogP contribution < -0.4 is 0 Å². The minimum atomic E-state index is -0.969. The highest BCUT2D eigenvalue weighted by Gasteiger charge is 2.22. The van der Waals surface area contributed by atoms with Gasteiger partial charge in [-0.15, -0.1) is 0 Å². The number of rotatable bonds is 7. The molecule has 1 unspecified atom stereocenters. The van der Waals surface area contributed by atoms with Gasteiger partial charge in [0.1, 0.15) is 0 Å². The summed E-state index contributed by atoms with van der Waals surface area (Å²) in [4.78, 5) is 21.7. The van der Waals surface area contributed by atoms with Crippen LogP contribution in [0.25, 0.3) is 0 Å². The fourth-order valence-electron chi connectivity index (χ4n) is 2.10. The average Bonchev–Trinajstić information content (AvgIpc) is 2.62. The molecule has 0 saturated carbocycles. The van der Waals surface area contributed by atoms with Crippen LogP contribution in [-0.4, -0.2) is 19.0 Å². The van der Waals surface area contributed by atoms with Gasteiger partial charge in [-0.3, -0.25) is 4.79 Å². The molecule has 0 spiro atoms. The van der Waals surface area contributed by atoms with Crippen molar-refractivity contribution in [1.29, 1.82) is 0 Å². The smallest absolute Gasteiger partial charge is 0.352 e. The molecule has 24 heavy (non-hydrogen) atoms. The molecule has 2 aromatic rings. The van der Waals surface area contributed by atoms with Crippen molar-refractivity contribution in [3.8, 4) is 0 Å². The molecule has 0 aliphatic heterocycles. The molecule has 0 amide bonds. The third kappa shape index (κ3) is 7.09. The van der Waals surface area contributed by atoms with Crippen molar-refractivity contribution in [2.24, 2.45) is 0 Å². The molecule has 0 radical (unpaired) electrons. The summed E-state index contributed by atoms with van der Waals surface area (Å²) < 4.78 is 9.48. The van der Waals surface area contributed by atoms with Gasteiger partial charge in [0.25, 0.3) is 6.47 Å². The highest BCUT2D eigenvalue weighted by molar-refractivity contribution is 5.77. The maximum absolute atomic E-state index is 11.4. The number of hydrogen-bond acceptors (Lipinski definition) is 4. The minimum Gasteiger partial charge on any atom is -0.463 e. The van der Waals surface area contributed by atoms with E-state index < -0.39 is 12.1 Å². The maximum atomic E-state index is 11.4. The first-order valence-corrected chi connectivity index (χ1v) is 8.07. The summed E-state index contributed by atoms with van der Waals surface area (Å²) in [5.74, 6) is -0.559. The van der Waals surface area contributed by atoms with Crippen molar-refractivity contribution in [2.45, 2.75) is 32.8 Å². The zero-order valence-corrected chi connectivity index (χ0v) is 14.2. The standard InChI is InChI=1S/C11H12O4.C9H12/c1-2-14-11(13)10(15-8-12)9-6-4-3-5-7-9;1-2-6-9-7-4-3-5-8-9/h3-8,10H,2H2,1H3;3-5,7-8H,2,6H2,1H3. The van der Waals surface area contributed by atoms with E-state index in [2.05, 4.69) is 42.0 Å². The zero-order chi connectivity index (χ0) is 17.6. The van der Waals surface area contributed by atoms with E-state index in [1.807, 2.05) is 6.07 Å². The molecular formula is C20H24O4. The van der Waals surface area contributed by atoms with Crippen molar-refractivity contribution in [3.05, 3.63) is 71.8 Å². The van der Waals surface area contributed by atoms with Crippen LogP contribution in [-0.2, 0) is 25.5 Å². The van der Waals surface area contributed by atoms with Crippen LogP contribution in [0, 0.1) is 0 Å². The Labute approximate surface area is 143 Å². The topological polar surface area (TPSA) is 52.6 Å². The van der Waals surface area contributed by atoms with Crippen LogP contribution in [0.15, 0.2) is 60.7 Å². The van der Waals surface area contributed by atoms with Gasteiger partial charge in [0, 0.05) is 5.56 Å². The highest BCUT2D eigenvalue weighted by atomic mass is 16.6. The predicted octanol–water partition coefficient (Wildman–Crippen LogP) is 4.10. The predicted molar refractivity (Wildman–Crippen MR) is 93.4 cm³/mol. The zero-order valence-electron chi connectivity index (χ0n) is 14.2. The first-order chi connectivity index (χ1) is 11.7. The molecule has 128 valence electrons.